The Bertz CT molecular complexity index is 350. The van der Waals surface area contributed by atoms with Crippen LogP contribution >= 0.6 is 0 Å². The van der Waals surface area contributed by atoms with Crippen LogP contribution in [0.3, 0.4) is 0 Å². The smallest absolute Gasteiger partial charge is 0.168 e. The number of aliphatic hydroxyl groups excluding tert-OH is 1. The minimum atomic E-state index is -1.28. The molecule has 4 heteroatoms. The van der Waals surface area contributed by atoms with Gasteiger partial charge in [-0.05, 0) is 12.1 Å². The summed E-state index contributed by atoms with van der Waals surface area (Å²) in [6.45, 7) is 3.29. The van der Waals surface area contributed by atoms with Crippen LogP contribution in [0.4, 0.5) is 8.78 Å². The fourth-order valence-corrected chi connectivity index (χ4v) is 1.12. The average Bonchev–Trinajstić information content (AvgIpc) is 2.20. The molecule has 0 heterocycles. The lowest BCUT2D eigenvalue weighted by Gasteiger charge is -2.12. The summed E-state index contributed by atoms with van der Waals surface area (Å²) in [5.74, 6) is -2.05. The van der Waals surface area contributed by atoms with Gasteiger partial charge in [-0.1, -0.05) is 6.08 Å². The molecule has 2 nitrogen and oxygen atoms in total. The van der Waals surface area contributed by atoms with Gasteiger partial charge in [0.15, 0.2) is 11.6 Å². The van der Waals surface area contributed by atoms with Gasteiger partial charge in [0.05, 0.1) is 12.7 Å². The van der Waals surface area contributed by atoms with Gasteiger partial charge >= 0.3 is 0 Å². The number of benzene rings is 1. The predicted molar refractivity (Wildman–Crippen MR) is 48.1 cm³/mol. The first-order chi connectivity index (χ1) is 6.61. The number of halogens is 2. The monoisotopic (exact) mass is 200 g/mol. The zero-order valence-electron chi connectivity index (χ0n) is 7.63. The first kappa shape index (κ1) is 10.7. The summed E-state index contributed by atoms with van der Waals surface area (Å²) in [6.07, 6.45) is -0.180. The van der Waals surface area contributed by atoms with E-state index in [1.165, 1.54) is 13.2 Å². The van der Waals surface area contributed by atoms with E-state index in [1.807, 2.05) is 0 Å². The number of hydrogen-bond acceptors (Lipinski definition) is 2. The quantitative estimate of drug-likeness (QED) is 0.758. The van der Waals surface area contributed by atoms with Crippen molar-refractivity contribution in [2.24, 2.45) is 0 Å². The summed E-state index contributed by atoms with van der Waals surface area (Å²) in [7, 11) is 1.31. The minimum Gasteiger partial charge on any atom is -0.496 e. The molecule has 0 aliphatic rings. The van der Waals surface area contributed by atoms with Crippen LogP contribution in [-0.4, -0.2) is 12.2 Å². The molecule has 0 saturated carbocycles. The third-order valence-corrected chi connectivity index (χ3v) is 1.83. The summed E-state index contributed by atoms with van der Waals surface area (Å²) < 4.78 is 30.8. The second-order valence-corrected chi connectivity index (χ2v) is 2.66. The molecule has 1 aromatic carbocycles. The van der Waals surface area contributed by atoms with Gasteiger partial charge in [-0.3, -0.25) is 0 Å². The van der Waals surface area contributed by atoms with E-state index < -0.39 is 17.7 Å². The van der Waals surface area contributed by atoms with E-state index in [0.717, 1.165) is 12.1 Å². The van der Waals surface area contributed by atoms with Crippen LogP contribution in [-0.2, 0) is 0 Å². The van der Waals surface area contributed by atoms with Gasteiger partial charge in [-0.25, -0.2) is 8.78 Å². The Hall–Kier alpha value is -1.42. The fraction of sp³-hybridized carbons (Fsp3) is 0.200. The molecule has 1 aromatic rings. The molecule has 1 rings (SSSR count). The summed E-state index contributed by atoms with van der Waals surface area (Å²) in [5.41, 5.74) is -0.234. The molecule has 0 radical (unpaired) electrons. The van der Waals surface area contributed by atoms with Crippen LogP contribution in [0.1, 0.15) is 11.7 Å². The highest BCUT2D eigenvalue weighted by Gasteiger charge is 2.19. The van der Waals surface area contributed by atoms with Gasteiger partial charge in [0.1, 0.15) is 11.9 Å². The molecule has 14 heavy (non-hydrogen) atoms. The Balaban J connectivity index is 3.34. The van der Waals surface area contributed by atoms with Crippen molar-refractivity contribution in [3.05, 3.63) is 42.0 Å². The number of methoxy groups -OCH3 is 1. The SMILES string of the molecule is C=CC(O)c1c(OC)ccc(F)c1F. The molecule has 0 fully saturated rings. The van der Waals surface area contributed by atoms with Crippen molar-refractivity contribution in [3.8, 4) is 5.75 Å². The molecule has 1 atom stereocenters. The molecule has 1 unspecified atom stereocenters. The number of hydrogen-bond donors (Lipinski definition) is 1. The van der Waals surface area contributed by atoms with Crippen molar-refractivity contribution in [2.45, 2.75) is 6.10 Å². The van der Waals surface area contributed by atoms with E-state index in [0.29, 0.717) is 0 Å². The van der Waals surface area contributed by atoms with Gasteiger partial charge in [0, 0.05) is 0 Å². The summed E-state index contributed by atoms with van der Waals surface area (Å²) >= 11 is 0. The van der Waals surface area contributed by atoms with Crippen molar-refractivity contribution in [2.75, 3.05) is 7.11 Å². The highest BCUT2D eigenvalue weighted by atomic mass is 19.2. The van der Waals surface area contributed by atoms with Gasteiger partial charge in [0.25, 0.3) is 0 Å². The molecular weight excluding hydrogens is 190 g/mol. The van der Waals surface area contributed by atoms with Crippen LogP contribution in [0.5, 0.6) is 5.75 Å². The maximum Gasteiger partial charge on any atom is 0.168 e. The van der Waals surface area contributed by atoms with Crippen molar-refractivity contribution in [1.29, 1.82) is 0 Å². The van der Waals surface area contributed by atoms with Gasteiger partial charge in [0.2, 0.25) is 0 Å². The molecule has 0 bridgehead atoms. The molecule has 0 amide bonds. The van der Waals surface area contributed by atoms with Crippen molar-refractivity contribution >= 4 is 0 Å². The lowest BCUT2D eigenvalue weighted by Crippen LogP contribution is -2.03. The Morgan fingerprint density at radius 2 is 2.14 bits per heavy atom. The maximum atomic E-state index is 13.2. The van der Waals surface area contributed by atoms with E-state index in [4.69, 9.17) is 4.74 Å². The van der Waals surface area contributed by atoms with Crippen LogP contribution in [0.25, 0.3) is 0 Å². The summed E-state index contributed by atoms with van der Waals surface area (Å²) in [6, 6.07) is 2.19. The fourth-order valence-electron chi connectivity index (χ4n) is 1.12. The van der Waals surface area contributed by atoms with E-state index in [1.54, 1.807) is 0 Å². The predicted octanol–water partition coefficient (Wildman–Crippen LogP) is 2.19. The molecule has 76 valence electrons. The summed E-state index contributed by atoms with van der Waals surface area (Å²) in [5, 5.41) is 9.34. The van der Waals surface area contributed by atoms with Gasteiger partial charge in [-0.15, -0.1) is 6.58 Å². The van der Waals surface area contributed by atoms with Crippen molar-refractivity contribution in [1.82, 2.24) is 0 Å². The minimum absolute atomic E-state index is 0.0938. The van der Waals surface area contributed by atoms with Gasteiger partial charge in [-0.2, -0.15) is 0 Å². The van der Waals surface area contributed by atoms with Crippen LogP contribution in [0.15, 0.2) is 24.8 Å². The van der Waals surface area contributed by atoms with E-state index >= 15 is 0 Å². The Labute approximate surface area is 80.4 Å². The maximum absolute atomic E-state index is 13.2. The largest absolute Gasteiger partial charge is 0.496 e. The third-order valence-electron chi connectivity index (χ3n) is 1.83. The van der Waals surface area contributed by atoms with Crippen molar-refractivity contribution in [3.63, 3.8) is 0 Å². The number of ether oxygens (including phenoxy) is 1. The third kappa shape index (κ3) is 1.75. The molecule has 0 spiro atoms. The van der Waals surface area contributed by atoms with E-state index in [9.17, 15) is 13.9 Å². The van der Waals surface area contributed by atoms with Crippen LogP contribution in [0.2, 0.25) is 0 Å². The van der Waals surface area contributed by atoms with Crippen LogP contribution in [0, 0.1) is 11.6 Å². The molecule has 0 aliphatic carbocycles. The van der Waals surface area contributed by atoms with Gasteiger partial charge < -0.3 is 9.84 Å². The molecule has 1 N–H and O–H groups in total. The first-order valence-electron chi connectivity index (χ1n) is 3.94. The zero-order valence-corrected chi connectivity index (χ0v) is 7.63. The number of aliphatic hydroxyl groups is 1. The second-order valence-electron chi connectivity index (χ2n) is 2.66. The Kier molecular flexibility index (Phi) is 3.19. The lowest BCUT2D eigenvalue weighted by molar-refractivity contribution is 0.215. The normalized spacial score (nSPS) is 12.3. The summed E-state index contributed by atoms with van der Waals surface area (Å²) in [4.78, 5) is 0. The van der Waals surface area contributed by atoms with Crippen LogP contribution < -0.4 is 4.74 Å². The Morgan fingerprint density at radius 1 is 1.50 bits per heavy atom. The standard InChI is InChI=1S/C10H10F2O2/c1-3-7(13)9-8(14-2)5-4-6(11)10(9)12/h3-5,7,13H,1H2,2H3. The van der Waals surface area contributed by atoms with E-state index in [2.05, 4.69) is 6.58 Å². The number of rotatable bonds is 3. The first-order valence-corrected chi connectivity index (χ1v) is 3.94. The van der Waals surface area contributed by atoms with E-state index in [-0.39, 0.29) is 11.3 Å². The zero-order chi connectivity index (χ0) is 10.7. The highest BCUT2D eigenvalue weighted by molar-refractivity contribution is 5.38. The van der Waals surface area contributed by atoms with Crippen molar-refractivity contribution < 1.29 is 18.6 Å². The Morgan fingerprint density at radius 3 is 2.64 bits per heavy atom. The lowest BCUT2D eigenvalue weighted by atomic mass is 10.1. The molecule has 0 aliphatic heterocycles. The topological polar surface area (TPSA) is 29.5 Å². The molecule has 0 saturated heterocycles. The average molecular weight is 200 g/mol. The highest BCUT2D eigenvalue weighted by Crippen LogP contribution is 2.29. The molecular formula is C10H10F2O2. The molecule has 0 aromatic heterocycles. The second kappa shape index (κ2) is 4.19.